The highest BCUT2D eigenvalue weighted by atomic mass is 32.1. The van der Waals surface area contributed by atoms with E-state index in [1.54, 1.807) is 16.8 Å². The van der Waals surface area contributed by atoms with Crippen LogP contribution in [0.4, 0.5) is 0 Å². The van der Waals surface area contributed by atoms with Gasteiger partial charge in [-0.25, -0.2) is 4.98 Å². The molecule has 0 aliphatic heterocycles. The van der Waals surface area contributed by atoms with Crippen molar-refractivity contribution in [3.8, 4) is 0 Å². The molecule has 0 saturated carbocycles. The molecule has 0 aliphatic carbocycles. The van der Waals surface area contributed by atoms with Crippen molar-refractivity contribution in [3.05, 3.63) is 62.1 Å². The SMILES string of the molecule is Cc1ncsc1C(OCCCO[N+](=O)[O-])c1ccccc1. The van der Waals surface area contributed by atoms with Crippen molar-refractivity contribution in [1.82, 2.24) is 4.98 Å². The van der Waals surface area contributed by atoms with E-state index in [0.29, 0.717) is 13.0 Å². The molecule has 0 N–H and O–H groups in total. The van der Waals surface area contributed by atoms with E-state index in [1.807, 2.05) is 37.3 Å². The minimum atomic E-state index is -0.790. The van der Waals surface area contributed by atoms with Gasteiger partial charge in [0, 0.05) is 6.61 Å². The lowest BCUT2D eigenvalue weighted by Gasteiger charge is -2.17. The van der Waals surface area contributed by atoms with E-state index in [1.165, 1.54) is 0 Å². The van der Waals surface area contributed by atoms with Crippen LogP contribution in [0, 0.1) is 17.0 Å². The van der Waals surface area contributed by atoms with E-state index in [-0.39, 0.29) is 12.7 Å². The van der Waals surface area contributed by atoms with Gasteiger partial charge >= 0.3 is 0 Å². The van der Waals surface area contributed by atoms with Crippen molar-refractivity contribution in [2.24, 2.45) is 0 Å². The van der Waals surface area contributed by atoms with Crippen LogP contribution in [0.25, 0.3) is 0 Å². The van der Waals surface area contributed by atoms with E-state index in [0.717, 1.165) is 16.1 Å². The zero-order chi connectivity index (χ0) is 15.1. The van der Waals surface area contributed by atoms with Crippen molar-refractivity contribution < 1.29 is 14.7 Å². The number of aryl methyl sites for hydroxylation is 1. The summed E-state index contributed by atoms with van der Waals surface area (Å²) < 4.78 is 5.90. The molecule has 0 radical (unpaired) electrons. The lowest BCUT2D eigenvalue weighted by Crippen LogP contribution is -2.10. The number of rotatable bonds is 8. The number of aromatic nitrogens is 1. The first-order chi connectivity index (χ1) is 10.2. The quantitative estimate of drug-likeness (QED) is 0.425. The Morgan fingerprint density at radius 3 is 2.71 bits per heavy atom. The van der Waals surface area contributed by atoms with Crippen LogP contribution in [0.5, 0.6) is 0 Å². The molecule has 1 aromatic heterocycles. The van der Waals surface area contributed by atoms with Gasteiger partial charge in [-0.05, 0) is 18.9 Å². The fourth-order valence-electron chi connectivity index (χ4n) is 1.91. The summed E-state index contributed by atoms with van der Waals surface area (Å²) in [6, 6.07) is 9.86. The predicted octanol–water partition coefficient (Wildman–Crippen LogP) is 3.16. The maximum Gasteiger partial charge on any atom is 0.294 e. The summed E-state index contributed by atoms with van der Waals surface area (Å²) in [4.78, 5) is 19.7. The minimum absolute atomic E-state index is 0.0379. The fraction of sp³-hybridized carbons (Fsp3) is 0.357. The van der Waals surface area contributed by atoms with Gasteiger partial charge in [0.15, 0.2) is 0 Å². The molecule has 6 nitrogen and oxygen atoms in total. The Kier molecular flexibility index (Phi) is 5.65. The van der Waals surface area contributed by atoms with Gasteiger partial charge < -0.3 is 9.57 Å². The molecule has 7 heteroatoms. The summed E-state index contributed by atoms with van der Waals surface area (Å²) in [5, 5.41) is 9.30. The third-order valence-electron chi connectivity index (χ3n) is 2.89. The minimum Gasteiger partial charge on any atom is -0.368 e. The molecule has 2 aromatic rings. The molecular weight excluding hydrogens is 292 g/mol. The molecular formula is C14H16N2O4S. The number of ether oxygens (including phenoxy) is 1. The zero-order valence-corrected chi connectivity index (χ0v) is 12.4. The average Bonchev–Trinajstić information content (AvgIpc) is 2.89. The largest absolute Gasteiger partial charge is 0.368 e. The Balaban J connectivity index is 2.00. The summed E-state index contributed by atoms with van der Waals surface area (Å²) >= 11 is 1.55. The number of hydrogen-bond donors (Lipinski definition) is 0. The zero-order valence-electron chi connectivity index (χ0n) is 11.6. The van der Waals surface area contributed by atoms with Gasteiger partial charge in [0.05, 0.1) is 22.7 Å². The second-order valence-corrected chi connectivity index (χ2v) is 5.26. The number of thiazole rings is 1. The molecule has 1 heterocycles. The van der Waals surface area contributed by atoms with Crippen LogP contribution < -0.4 is 0 Å². The first kappa shape index (κ1) is 15.4. The summed E-state index contributed by atoms with van der Waals surface area (Å²) in [6.07, 6.45) is 0.261. The van der Waals surface area contributed by atoms with E-state index >= 15 is 0 Å². The van der Waals surface area contributed by atoms with Gasteiger partial charge in [-0.3, -0.25) is 0 Å². The number of benzene rings is 1. The van der Waals surface area contributed by atoms with E-state index in [9.17, 15) is 10.1 Å². The highest BCUT2D eigenvalue weighted by Gasteiger charge is 2.18. The Bertz CT molecular complexity index is 573. The molecule has 2 rings (SSSR count). The predicted molar refractivity (Wildman–Crippen MR) is 78.7 cm³/mol. The van der Waals surface area contributed by atoms with Crippen molar-refractivity contribution in [2.75, 3.05) is 13.2 Å². The lowest BCUT2D eigenvalue weighted by molar-refractivity contribution is -0.757. The molecule has 0 fully saturated rings. The molecule has 0 aliphatic rings. The van der Waals surface area contributed by atoms with Gasteiger partial charge in [-0.15, -0.1) is 21.5 Å². The first-order valence-electron chi connectivity index (χ1n) is 6.52. The van der Waals surface area contributed by atoms with Crippen LogP contribution in [0.3, 0.4) is 0 Å². The van der Waals surface area contributed by atoms with Gasteiger partial charge in [-0.1, -0.05) is 30.3 Å². The van der Waals surface area contributed by atoms with E-state index in [2.05, 4.69) is 9.82 Å². The molecule has 21 heavy (non-hydrogen) atoms. The maximum atomic E-state index is 10.1. The molecule has 0 saturated heterocycles. The standard InChI is InChI=1S/C14H16N2O4S/c1-11-14(21-10-15-11)13(12-6-3-2-4-7-12)19-8-5-9-20-16(17)18/h2-4,6-7,10,13H,5,8-9H2,1H3. The molecule has 0 bridgehead atoms. The van der Waals surface area contributed by atoms with Crippen LogP contribution in [0.1, 0.15) is 28.7 Å². The summed E-state index contributed by atoms with van der Waals surface area (Å²) in [6.45, 7) is 2.36. The van der Waals surface area contributed by atoms with Crippen LogP contribution in [-0.2, 0) is 9.57 Å². The van der Waals surface area contributed by atoms with E-state index in [4.69, 9.17) is 4.74 Å². The Hall–Kier alpha value is -1.99. The Morgan fingerprint density at radius 1 is 1.33 bits per heavy atom. The van der Waals surface area contributed by atoms with Gasteiger partial charge in [0.25, 0.3) is 5.09 Å². The second kappa shape index (κ2) is 7.70. The highest BCUT2D eigenvalue weighted by Crippen LogP contribution is 2.31. The van der Waals surface area contributed by atoms with Crippen LogP contribution in [0.2, 0.25) is 0 Å². The molecule has 0 spiro atoms. The van der Waals surface area contributed by atoms with Crippen molar-refractivity contribution in [1.29, 1.82) is 0 Å². The third-order valence-corrected chi connectivity index (χ3v) is 3.87. The normalized spacial score (nSPS) is 12.0. The van der Waals surface area contributed by atoms with Gasteiger partial charge in [-0.2, -0.15) is 0 Å². The fourth-order valence-corrected chi connectivity index (χ4v) is 2.79. The highest BCUT2D eigenvalue weighted by molar-refractivity contribution is 7.09. The maximum absolute atomic E-state index is 10.1. The number of nitrogens with zero attached hydrogens (tertiary/aromatic N) is 2. The van der Waals surface area contributed by atoms with Crippen molar-refractivity contribution in [2.45, 2.75) is 19.4 Å². The van der Waals surface area contributed by atoms with E-state index < -0.39 is 5.09 Å². The Morgan fingerprint density at radius 2 is 2.10 bits per heavy atom. The molecule has 0 amide bonds. The van der Waals surface area contributed by atoms with Gasteiger partial charge in [0.1, 0.15) is 6.10 Å². The van der Waals surface area contributed by atoms with Gasteiger partial charge in [0.2, 0.25) is 0 Å². The summed E-state index contributed by atoms with van der Waals surface area (Å²) in [5.41, 5.74) is 3.77. The topological polar surface area (TPSA) is 74.5 Å². The van der Waals surface area contributed by atoms with Crippen LogP contribution in [0.15, 0.2) is 35.8 Å². The summed E-state index contributed by atoms with van der Waals surface area (Å²) in [5.74, 6) is 0. The van der Waals surface area contributed by atoms with Crippen LogP contribution >= 0.6 is 11.3 Å². The molecule has 1 unspecified atom stereocenters. The summed E-state index contributed by atoms with van der Waals surface area (Å²) in [7, 11) is 0. The molecule has 112 valence electrons. The van der Waals surface area contributed by atoms with Crippen LogP contribution in [-0.4, -0.2) is 23.3 Å². The smallest absolute Gasteiger partial charge is 0.294 e. The second-order valence-electron chi connectivity index (χ2n) is 4.37. The first-order valence-corrected chi connectivity index (χ1v) is 7.40. The monoisotopic (exact) mass is 308 g/mol. The molecule has 1 aromatic carbocycles. The lowest BCUT2D eigenvalue weighted by atomic mass is 10.1. The van der Waals surface area contributed by atoms with Crippen molar-refractivity contribution >= 4 is 11.3 Å². The molecule has 1 atom stereocenters. The number of hydrogen-bond acceptors (Lipinski definition) is 6. The Labute approximate surface area is 126 Å². The van der Waals surface area contributed by atoms with Crippen molar-refractivity contribution in [3.63, 3.8) is 0 Å². The third kappa shape index (κ3) is 4.51. The average molecular weight is 308 g/mol.